The van der Waals surface area contributed by atoms with Crippen LogP contribution >= 0.6 is 0 Å². The summed E-state index contributed by atoms with van der Waals surface area (Å²) in [4.78, 5) is 2.68. The van der Waals surface area contributed by atoms with Crippen molar-refractivity contribution in [3.63, 3.8) is 0 Å². The minimum absolute atomic E-state index is 0.198. The van der Waals surface area contributed by atoms with E-state index in [-0.39, 0.29) is 5.41 Å². The fraction of sp³-hybridized carbons (Fsp3) is 0.684. The van der Waals surface area contributed by atoms with Gasteiger partial charge in [0.15, 0.2) is 0 Å². The number of phenols is 1. The Kier molecular flexibility index (Phi) is 3.46. The number of rotatable bonds is 2. The predicted molar refractivity (Wildman–Crippen MR) is 87.3 cm³/mol. The van der Waals surface area contributed by atoms with E-state index < -0.39 is 0 Å². The number of ether oxygens (including phenoxy) is 1. The van der Waals surface area contributed by atoms with Gasteiger partial charge in [-0.1, -0.05) is 19.9 Å². The summed E-state index contributed by atoms with van der Waals surface area (Å²) < 4.78 is 5.86. The Morgan fingerprint density at radius 2 is 2.27 bits per heavy atom. The second-order valence-corrected chi connectivity index (χ2v) is 7.70. The molecule has 22 heavy (non-hydrogen) atoms. The highest BCUT2D eigenvalue weighted by atomic mass is 16.5. The van der Waals surface area contributed by atoms with Gasteiger partial charge in [0.25, 0.3) is 0 Å². The first-order valence-electron chi connectivity index (χ1n) is 8.76. The number of piperidine rings is 1. The van der Waals surface area contributed by atoms with E-state index in [0.717, 1.165) is 26.1 Å². The van der Waals surface area contributed by atoms with Crippen LogP contribution in [0.5, 0.6) is 5.75 Å². The molecule has 2 bridgehead atoms. The Balaban J connectivity index is 1.63. The van der Waals surface area contributed by atoms with Crippen molar-refractivity contribution in [2.45, 2.75) is 57.1 Å². The van der Waals surface area contributed by atoms with Crippen molar-refractivity contribution in [2.24, 2.45) is 5.92 Å². The SMILES string of the molecule is CC1[C@H]2Cc3ccc(O)cc3[C@]1(C)CCN2C[C@@H]1CCCO1. The minimum atomic E-state index is 0.198. The van der Waals surface area contributed by atoms with Gasteiger partial charge in [0.1, 0.15) is 5.75 Å². The molecule has 4 rings (SSSR count). The zero-order chi connectivity index (χ0) is 15.3. The van der Waals surface area contributed by atoms with Gasteiger partial charge in [-0.15, -0.1) is 0 Å². The van der Waals surface area contributed by atoms with Gasteiger partial charge in [-0.25, -0.2) is 0 Å². The zero-order valence-corrected chi connectivity index (χ0v) is 13.7. The highest BCUT2D eigenvalue weighted by Crippen LogP contribution is 2.49. The normalized spacial score (nSPS) is 38.0. The van der Waals surface area contributed by atoms with Crippen LogP contribution in [0.4, 0.5) is 0 Å². The first kappa shape index (κ1) is 14.5. The van der Waals surface area contributed by atoms with E-state index in [9.17, 15) is 5.11 Å². The molecular formula is C19H27NO2. The maximum atomic E-state index is 9.90. The summed E-state index contributed by atoms with van der Waals surface area (Å²) in [5, 5.41) is 9.90. The molecular weight excluding hydrogens is 274 g/mol. The molecule has 4 atom stereocenters. The molecule has 3 nitrogen and oxygen atoms in total. The van der Waals surface area contributed by atoms with Gasteiger partial charge in [0.05, 0.1) is 6.10 Å². The number of benzene rings is 1. The molecule has 0 radical (unpaired) electrons. The topological polar surface area (TPSA) is 32.7 Å². The molecule has 2 saturated heterocycles. The molecule has 120 valence electrons. The van der Waals surface area contributed by atoms with Crippen LogP contribution in [-0.2, 0) is 16.6 Å². The van der Waals surface area contributed by atoms with Crippen molar-refractivity contribution in [2.75, 3.05) is 19.7 Å². The molecule has 3 heteroatoms. The Morgan fingerprint density at radius 1 is 1.41 bits per heavy atom. The zero-order valence-electron chi connectivity index (χ0n) is 13.7. The molecule has 2 aliphatic heterocycles. The second kappa shape index (κ2) is 5.24. The summed E-state index contributed by atoms with van der Waals surface area (Å²) in [5.74, 6) is 1.03. The number of hydrogen-bond acceptors (Lipinski definition) is 3. The number of likely N-dealkylation sites (tertiary alicyclic amines) is 1. The summed E-state index contributed by atoms with van der Waals surface area (Å²) in [6.07, 6.45) is 5.17. The second-order valence-electron chi connectivity index (χ2n) is 7.70. The molecule has 0 aromatic heterocycles. The van der Waals surface area contributed by atoms with Gasteiger partial charge in [0, 0.05) is 19.2 Å². The van der Waals surface area contributed by atoms with Gasteiger partial charge >= 0.3 is 0 Å². The first-order chi connectivity index (χ1) is 10.6. The van der Waals surface area contributed by atoms with E-state index in [0.29, 0.717) is 23.8 Å². The summed E-state index contributed by atoms with van der Waals surface area (Å²) in [7, 11) is 0. The molecule has 1 aromatic carbocycles. The quantitative estimate of drug-likeness (QED) is 0.911. The summed E-state index contributed by atoms with van der Waals surface area (Å²) in [6, 6.07) is 6.60. The monoisotopic (exact) mass is 301 g/mol. The van der Waals surface area contributed by atoms with Crippen LogP contribution in [-0.4, -0.2) is 41.8 Å². The van der Waals surface area contributed by atoms with Crippen molar-refractivity contribution >= 4 is 0 Å². The van der Waals surface area contributed by atoms with Crippen molar-refractivity contribution in [3.8, 4) is 5.75 Å². The Morgan fingerprint density at radius 3 is 3.05 bits per heavy atom. The van der Waals surface area contributed by atoms with Crippen LogP contribution in [0.3, 0.4) is 0 Å². The number of hydrogen-bond donors (Lipinski definition) is 1. The lowest BCUT2D eigenvalue weighted by Crippen LogP contribution is -2.59. The highest BCUT2D eigenvalue weighted by Gasteiger charge is 2.48. The van der Waals surface area contributed by atoms with E-state index in [1.807, 2.05) is 12.1 Å². The molecule has 0 saturated carbocycles. The van der Waals surface area contributed by atoms with Crippen LogP contribution in [0.15, 0.2) is 18.2 Å². The number of fused-ring (bicyclic) bond motifs is 4. The maximum Gasteiger partial charge on any atom is 0.115 e. The molecule has 0 amide bonds. The van der Waals surface area contributed by atoms with Crippen molar-refractivity contribution < 1.29 is 9.84 Å². The maximum absolute atomic E-state index is 9.90. The molecule has 1 N–H and O–H groups in total. The smallest absolute Gasteiger partial charge is 0.115 e. The van der Waals surface area contributed by atoms with Gasteiger partial charge in [0.2, 0.25) is 0 Å². The van der Waals surface area contributed by atoms with Crippen LogP contribution < -0.4 is 0 Å². The van der Waals surface area contributed by atoms with E-state index in [1.54, 1.807) is 0 Å². The standard InChI is InChI=1S/C19H27NO2/c1-13-18-10-14-5-6-15(21)11-17(14)19(13,2)7-8-20(18)12-16-4-3-9-22-16/h5-6,11,13,16,18,21H,3-4,7-10,12H2,1-2H3/t13?,16-,18+,19+/m0/s1. The lowest BCUT2D eigenvalue weighted by atomic mass is 9.59. The van der Waals surface area contributed by atoms with Gasteiger partial charge in [-0.05, 0) is 66.8 Å². The Labute approximate surface area is 133 Å². The van der Waals surface area contributed by atoms with Crippen LogP contribution in [0.2, 0.25) is 0 Å². The fourth-order valence-corrected chi connectivity index (χ4v) is 4.97. The third-order valence-corrected chi connectivity index (χ3v) is 6.57. The molecule has 2 fully saturated rings. The van der Waals surface area contributed by atoms with E-state index >= 15 is 0 Å². The number of phenolic OH excluding ortho intramolecular Hbond substituents is 1. The van der Waals surface area contributed by atoms with E-state index in [1.165, 1.54) is 30.4 Å². The van der Waals surface area contributed by atoms with Crippen LogP contribution in [0.1, 0.15) is 44.2 Å². The number of aromatic hydroxyl groups is 1. The summed E-state index contributed by atoms with van der Waals surface area (Å²) in [6.45, 7) is 7.99. The first-order valence-corrected chi connectivity index (χ1v) is 8.76. The number of nitrogens with zero attached hydrogens (tertiary/aromatic N) is 1. The largest absolute Gasteiger partial charge is 0.508 e. The van der Waals surface area contributed by atoms with Gasteiger partial charge in [-0.3, -0.25) is 4.90 Å². The molecule has 3 aliphatic rings. The molecule has 2 heterocycles. The summed E-state index contributed by atoms with van der Waals surface area (Å²) >= 11 is 0. The third-order valence-electron chi connectivity index (χ3n) is 6.57. The van der Waals surface area contributed by atoms with Crippen LogP contribution in [0.25, 0.3) is 0 Å². The lowest BCUT2D eigenvalue weighted by Gasteiger charge is -2.55. The van der Waals surface area contributed by atoms with E-state index in [4.69, 9.17) is 4.74 Å². The summed E-state index contributed by atoms with van der Waals surface area (Å²) in [5.41, 5.74) is 3.01. The highest BCUT2D eigenvalue weighted by molar-refractivity contribution is 5.44. The third kappa shape index (κ3) is 2.17. The average molecular weight is 301 g/mol. The Hall–Kier alpha value is -1.06. The minimum Gasteiger partial charge on any atom is -0.508 e. The van der Waals surface area contributed by atoms with Crippen molar-refractivity contribution in [1.29, 1.82) is 0 Å². The van der Waals surface area contributed by atoms with E-state index in [2.05, 4.69) is 24.8 Å². The molecule has 1 aliphatic carbocycles. The lowest BCUT2D eigenvalue weighted by molar-refractivity contribution is -0.00671. The van der Waals surface area contributed by atoms with Gasteiger partial charge < -0.3 is 9.84 Å². The Bertz CT molecular complexity index is 567. The van der Waals surface area contributed by atoms with Gasteiger partial charge in [-0.2, -0.15) is 0 Å². The van der Waals surface area contributed by atoms with Crippen molar-refractivity contribution in [1.82, 2.24) is 4.90 Å². The molecule has 1 unspecified atom stereocenters. The molecule has 0 spiro atoms. The fourth-order valence-electron chi connectivity index (χ4n) is 4.97. The predicted octanol–water partition coefficient (Wildman–Crippen LogP) is 3.10. The van der Waals surface area contributed by atoms with Crippen molar-refractivity contribution in [3.05, 3.63) is 29.3 Å². The molecule has 1 aromatic rings. The van der Waals surface area contributed by atoms with Crippen LogP contribution in [0, 0.1) is 5.92 Å². The average Bonchev–Trinajstić information content (AvgIpc) is 3.00.